The Balaban J connectivity index is 1.43. The van der Waals surface area contributed by atoms with Crippen LogP contribution in [0, 0.1) is 0 Å². The van der Waals surface area contributed by atoms with Crippen molar-refractivity contribution < 1.29 is 23.7 Å². The predicted molar refractivity (Wildman–Crippen MR) is 165 cm³/mol. The van der Waals surface area contributed by atoms with Gasteiger partial charge in [0.1, 0.15) is 13.2 Å². The van der Waals surface area contributed by atoms with Crippen molar-refractivity contribution in [3.63, 3.8) is 0 Å². The molecule has 0 fully saturated rings. The first kappa shape index (κ1) is 30.0. The van der Waals surface area contributed by atoms with Crippen LogP contribution in [0.15, 0.2) is 94.5 Å². The van der Waals surface area contributed by atoms with Gasteiger partial charge in [0.15, 0.2) is 23.0 Å². The zero-order valence-electron chi connectivity index (χ0n) is 22.7. The molecule has 0 saturated carbocycles. The van der Waals surface area contributed by atoms with Gasteiger partial charge in [-0.25, -0.2) is 5.43 Å². The van der Waals surface area contributed by atoms with E-state index in [0.717, 1.165) is 11.1 Å². The van der Waals surface area contributed by atoms with Gasteiger partial charge in [-0.15, -0.1) is 0 Å². The highest BCUT2D eigenvalue weighted by Crippen LogP contribution is 2.38. The van der Waals surface area contributed by atoms with E-state index in [0.29, 0.717) is 63.4 Å². The molecule has 212 valence electrons. The van der Waals surface area contributed by atoms with Crippen LogP contribution in [-0.2, 0) is 13.2 Å². The van der Waals surface area contributed by atoms with Crippen molar-refractivity contribution in [2.45, 2.75) is 27.1 Å². The van der Waals surface area contributed by atoms with Crippen molar-refractivity contribution in [2.24, 2.45) is 5.10 Å². The van der Waals surface area contributed by atoms with Crippen LogP contribution < -0.4 is 24.4 Å². The smallest absolute Gasteiger partial charge is 0.271 e. The molecule has 0 aliphatic heterocycles. The van der Waals surface area contributed by atoms with E-state index in [4.69, 9.17) is 30.5 Å². The number of hydrogen-bond acceptors (Lipinski definition) is 6. The Bertz CT molecular complexity index is 1480. The summed E-state index contributed by atoms with van der Waals surface area (Å²) in [6.07, 6.45) is 1.54. The molecule has 0 spiro atoms. The standard InChI is InChI=1S/C32H30BrClN2O5/c1-3-38-29-17-23(10-15-28(29)40-20-22-8-6-5-7-9-22)21-41-31-27(33)16-24(18-30(31)39-4-2)19-35-36-32(37)25-11-13-26(34)14-12-25/h5-19H,3-4,20-21H2,1-2H3,(H,36,37)/b35-19+. The Labute approximate surface area is 253 Å². The van der Waals surface area contributed by atoms with Crippen LogP contribution in [0.3, 0.4) is 0 Å². The number of carbonyl (C=O) groups is 1. The summed E-state index contributed by atoms with van der Waals surface area (Å²) in [5.74, 6) is 2.07. The van der Waals surface area contributed by atoms with Crippen molar-refractivity contribution in [2.75, 3.05) is 13.2 Å². The molecule has 1 N–H and O–H groups in total. The highest BCUT2D eigenvalue weighted by molar-refractivity contribution is 9.10. The van der Waals surface area contributed by atoms with Gasteiger partial charge in [-0.2, -0.15) is 5.10 Å². The summed E-state index contributed by atoms with van der Waals surface area (Å²) in [5.41, 5.74) is 5.66. The molecule has 0 heterocycles. The van der Waals surface area contributed by atoms with E-state index in [1.165, 1.54) is 6.21 Å². The highest BCUT2D eigenvalue weighted by Gasteiger charge is 2.14. The van der Waals surface area contributed by atoms with E-state index < -0.39 is 0 Å². The third kappa shape index (κ3) is 8.74. The SMILES string of the molecule is CCOc1cc(COc2c(Br)cc(/C=N/NC(=O)c3ccc(Cl)cc3)cc2OCC)ccc1OCc1ccccc1. The van der Waals surface area contributed by atoms with Crippen molar-refractivity contribution in [1.29, 1.82) is 0 Å². The number of carbonyl (C=O) groups excluding carboxylic acids is 1. The molecule has 0 unspecified atom stereocenters. The van der Waals surface area contributed by atoms with E-state index in [1.807, 2.05) is 68.4 Å². The van der Waals surface area contributed by atoms with Crippen LogP contribution in [0.1, 0.15) is 40.9 Å². The molecule has 4 rings (SSSR count). The molecule has 0 aliphatic carbocycles. The largest absolute Gasteiger partial charge is 0.490 e. The Morgan fingerprint density at radius 2 is 1.51 bits per heavy atom. The first-order valence-electron chi connectivity index (χ1n) is 13.1. The molecule has 41 heavy (non-hydrogen) atoms. The van der Waals surface area contributed by atoms with Gasteiger partial charge in [0.25, 0.3) is 5.91 Å². The monoisotopic (exact) mass is 636 g/mol. The van der Waals surface area contributed by atoms with Gasteiger partial charge in [-0.05, 0) is 95.0 Å². The second-order valence-electron chi connectivity index (χ2n) is 8.75. The molecule has 4 aromatic rings. The lowest BCUT2D eigenvalue weighted by molar-refractivity contribution is 0.0955. The molecule has 0 radical (unpaired) electrons. The van der Waals surface area contributed by atoms with Gasteiger partial charge in [0, 0.05) is 10.6 Å². The van der Waals surface area contributed by atoms with Crippen molar-refractivity contribution in [1.82, 2.24) is 5.43 Å². The summed E-state index contributed by atoms with van der Waals surface area (Å²) in [5, 5.41) is 4.63. The normalized spacial score (nSPS) is 10.8. The lowest BCUT2D eigenvalue weighted by atomic mass is 10.2. The molecule has 4 aromatic carbocycles. The van der Waals surface area contributed by atoms with Gasteiger partial charge in [0.2, 0.25) is 0 Å². The van der Waals surface area contributed by atoms with E-state index in [9.17, 15) is 4.79 Å². The summed E-state index contributed by atoms with van der Waals surface area (Å²) in [7, 11) is 0. The van der Waals surface area contributed by atoms with Crippen LogP contribution >= 0.6 is 27.5 Å². The second kappa shape index (κ2) is 15.1. The first-order chi connectivity index (χ1) is 20.0. The van der Waals surface area contributed by atoms with E-state index >= 15 is 0 Å². The fourth-order valence-corrected chi connectivity index (χ4v) is 4.52. The van der Waals surface area contributed by atoms with Gasteiger partial charge in [-0.1, -0.05) is 48.0 Å². The minimum Gasteiger partial charge on any atom is -0.490 e. The number of nitrogens with one attached hydrogen (secondary N) is 1. The second-order valence-corrected chi connectivity index (χ2v) is 10.0. The van der Waals surface area contributed by atoms with E-state index in [-0.39, 0.29) is 12.5 Å². The summed E-state index contributed by atoms with van der Waals surface area (Å²) in [6.45, 7) is 5.51. The number of hydrazone groups is 1. The van der Waals surface area contributed by atoms with Crippen LogP contribution in [0.4, 0.5) is 0 Å². The molecule has 1 amide bonds. The maximum absolute atomic E-state index is 12.3. The maximum Gasteiger partial charge on any atom is 0.271 e. The summed E-state index contributed by atoms with van der Waals surface area (Å²) in [6, 6.07) is 25.9. The number of nitrogens with zero attached hydrogens (tertiary/aromatic N) is 1. The molecule has 7 nitrogen and oxygen atoms in total. The van der Waals surface area contributed by atoms with Gasteiger partial charge in [-0.3, -0.25) is 4.79 Å². The maximum atomic E-state index is 12.3. The Morgan fingerprint density at radius 3 is 2.24 bits per heavy atom. The predicted octanol–water partition coefficient (Wildman–Crippen LogP) is 7.82. The zero-order valence-corrected chi connectivity index (χ0v) is 25.1. The summed E-state index contributed by atoms with van der Waals surface area (Å²) in [4.78, 5) is 12.3. The van der Waals surface area contributed by atoms with Crippen LogP contribution in [-0.4, -0.2) is 25.3 Å². The molecular weight excluding hydrogens is 608 g/mol. The Kier molecular flexibility index (Phi) is 11.0. The quantitative estimate of drug-likeness (QED) is 0.119. The lowest BCUT2D eigenvalue weighted by Gasteiger charge is -2.16. The fraction of sp³-hybridized carbons (Fsp3) is 0.188. The molecule has 0 saturated heterocycles. The first-order valence-corrected chi connectivity index (χ1v) is 14.2. The van der Waals surface area contributed by atoms with Crippen molar-refractivity contribution in [3.05, 3.63) is 117 Å². The number of benzene rings is 4. The number of hydrogen-bond donors (Lipinski definition) is 1. The molecule has 0 atom stereocenters. The number of amides is 1. The fourth-order valence-electron chi connectivity index (χ4n) is 3.82. The van der Waals surface area contributed by atoms with Gasteiger partial charge < -0.3 is 18.9 Å². The third-order valence-electron chi connectivity index (χ3n) is 5.75. The summed E-state index contributed by atoms with van der Waals surface area (Å²) >= 11 is 9.47. The molecule has 0 aliphatic rings. The van der Waals surface area contributed by atoms with Gasteiger partial charge >= 0.3 is 0 Å². The van der Waals surface area contributed by atoms with Gasteiger partial charge in [0.05, 0.1) is 23.9 Å². The Morgan fingerprint density at radius 1 is 0.805 bits per heavy atom. The van der Waals surface area contributed by atoms with Crippen LogP contribution in [0.2, 0.25) is 5.02 Å². The highest BCUT2D eigenvalue weighted by atomic mass is 79.9. The van der Waals surface area contributed by atoms with E-state index in [2.05, 4.69) is 26.5 Å². The third-order valence-corrected chi connectivity index (χ3v) is 6.59. The lowest BCUT2D eigenvalue weighted by Crippen LogP contribution is -2.17. The molecule has 0 aromatic heterocycles. The average Bonchev–Trinajstić information content (AvgIpc) is 2.97. The van der Waals surface area contributed by atoms with Crippen LogP contribution in [0.5, 0.6) is 23.0 Å². The topological polar surface area (TPSA) is 78.4 Å². The zero-order chi connectivity index (χ0) is 29.0. The minimum atomic E-state index is -0.343. The van der Waals surface area contributed by atoms with Crippen LogP contribution in [0.25, 0.3) is 0 Å². The Hall–Kier alpha value is -4.01. The van der Waals surface area contributed by atoms with E-state index in [1.54, 1.807) is 30.3 Å². The number of rotatable bonds is 13. The number of halogens is 2. The molecular formula is C32H30BrClN2O5. The minimum absolute atomic E-state index is 0.280. The molecule has 9 heteroatoms. The summed E-state index contributed by atoms with van der Waals surface area (Å²) < 4.78 is 24.6. The number of ether oxygens (including phenoxy) is 4. The molecule has 0 bridgehead atoms. The van der Waals surface area contributed by atoms with Crippen molar-refractivity contribution in [3.8, 4) is 23.0 Å². The average molecular weight is 638 g/mol. The van der Waals surface area contributed by atoms with Crippen molar-refractivity contribution >= 4 is 39.7 Å².